The molecule has 2 aliphatic rings. The average Bonchev–Trinajstić information content (AvgIpc) is 3.35. The van der Waals surface area contributed by atoms with Crippen LogP contribution in [-0.2, 0) is 11.0 Å². The zero-order valence-corrected chi connectivity index (χ0v) is 24.0. The van der Waals surface area contributed by atoms with Crippen LogP contribution in [0.5, 0.6) is 17.2 Å². The molecule has 204 valence electrons. The first-order valence-electron chi connectivity index (χ1n) is 14.5. The largest absolute Gasteiger partial charge is 0.497 e. The Morgan fingerprint density at radius 2 is 1.34 bits per heavy atom. The second kappa shape index (κ2) is 9.55. The van der Waals surface area contributed by atoms with E-state index in [1.807, 2.05) is 18.2 Å². The van der Waals surface area contributed by atoms with Crippen LogP contribution in [0.3, 0.4) is 0 Å². The fourth-order valence-corrected chi connectivity index (χ4v) is 7.26. The maximum atomic E-state index is 7.40. The molecule has 1 heterocycles. The third-order valence-corrected chi connectivity index (χ3v) is 9.37. The first kappa shape index (κ1) is 25.5. The van der Waals surface area contributed by atoms with Crippen LogP contribution in [0.4, 0.5) is 0 Å². The van der Waals surface area contributed by atoms with Gasteiger partial charge in [-0.15, -0.1) is 0 Å². The van der Waals surface area contributed by atoms with Gasteiger partial charge in [-0.05, 0) is 76.9 Å². The zero-order valence-electron chi connectivity index (χ0n) is 24.0. The van der Waals surface area contributed by atoms with E-state index in [1.165, 1.54) is 33.2 Å². The quantitative estimate of drug-likeness (QED) is 0.216. The molecule has 5 aromatic carbocycles. The van der Waals surface area contributed by atoms with Crippen LogP contribution in [0.15, 0.2) is 103 Å². The maximum Gasteiger partial charge on any atom is 0.178 e. The van der Waals surface area contributed by atoms with Crippen molar-refractivity contribution in [2.24, 2.45) is 0 Å². The Balaban J connectivity index is 1.58. The SMILES string of the molecule is CCC1(CC)c2ccccc2-c2c1c1c(c3cc(OC)ccc23)OC(c2ccccc2)(c2ccc(OC)cc2)C=C1. The van der Waals surface area contributed by atoms with Crippen LogP contribution >= 0.6 is 0 Å². The standard InChI is InChI=1S/C38H34O3/c1-5-37(6-2)33-15-11-10-14-30(33)34-29-21-20-28(40-4)24-32(29)36-31(35(34)37)22-23-38(41-36,25-12-8-7-9-13-25)26-16-18-27(39-3)19-17-26/h7-24H,5-6H2,1-4H3. The van der Waals surface area contributed by atoms with Gasteiger partial charge in [0.15, 0.2) is 5.60 Å². The molecular weight excluding hydrogens is 504 g/mol. The average molecular weight is 539 g/mol. The van der Waals surface area contributed by atoms with Crippen molar-refractivity contribution in [3.05, 3.63) is 131 Å². The Bertz CT molecular complexity index is 1800. The van der Waals surface area contributed by atoms with Crippen LogP contribution in [0.25, 0.3) is 28.0 Å². The molecule has 0 radical (unpaired) electrons. The normalized spacial score (nSPS) is 17.9. The molecule has 41 heavy (non-hydrogen) atoms. The summed E-state index contributed by atoms with van der Waals surface area (Å²) in [6.07, 6.45) is 6.59. The highest BCUT2D eigenvalue weighted by Gasteiger charge is 2.46. The summed E-state index contributed by atoms with van der Waals surface area (Å²) in [6.45, 7) is 4.64. The lowest BCUT2D eigenvalue weighted by Crippen LogP contribution is -2.35. The van der Waals surface area contributed by atoms with E-state index in [0.29, 0.717) is 0 Å². The van der Waals surface area contributed by atoms with E-state index in [2.05, 4.69) is 105 Å². The van der Waals surface area contributed by atoms with Crippen LogP contribution in [-0.4, -0.2) is 14.2 Å². The summed E-state index contributed by atoms with van der Waals surface area (Å²) >= 11 is 0. The van der Waals surface area contributed by atoms with Crippen LogP contribution in [0.2, 0.25) is 0 Å². The van der Waals surface area contributed by atoms with E-state index in [4.69, 9.17) is 14.2 Å². The smallest absolute Gasteiger partial charge is 0.178 e. The van der Waals surface area contributed by atoms with E-state index in [0.717, 1.165) is 46.6 Å². The topological polar surface area (TPSA) is 27.7 Å². The van der Waals surface area contributed by atoms with Gasteiger partial charge < -0.3 is 14.2 Å². The van der Waals surface area contributed by atoms with E-state index < -0.39 is 5.60 Å². The van der Waals surface area contributed by atoms with Gasteiger partial charge in [-0.25, -0.2) is 0 Å². The summed E-state index contributed by atoms with van der Waals surface area (Å²) in [7, 11) is 3.42. The van der Waals surface area contributed by atoms with Crippen molar-refractivity contribution in [3.63, 3.8) is 0 Å². The number of benzene rings is 5. The lowest BCUT2D eigenvalue weighted by atomic mass is 9.71. The van der Waals surface area contributed by atoms with Crippen LogP contribution in [0.1, 0.15) is 54.5 Å². The number of hydrogen-bond donors (Lipinski definition) is 0. The predicted octanol–water partition coefficient (Wildman–Crippen LogP) is 9.29. The summed E-state index contributed by atoms with van der Waals surface area (Å²) in [5, 5.41) is 2.26. The Hall–Kier alpha value is -4.50. The van der Waals surface area contributed by atoms with E-state index >= 15 is 0 Å². The number of hydrogen-bond acceptors (Lipinski definition) is 3. The molecule has 0 aromatic heterocycles. The van der Waals surface area contributed by atoms with Crippen molar-refractivity contribution in [3.8, 4) is 28.4 Å². The van der Waals surface area contributed by atoms with Gasteiger partial charge in [-0.2, -0.15) is 0 Å². The highest BCUT2D eigenvalue weighted by atomic mass is 16.5. The van der Waals surface area contributed by atoms with Crippen molar-refractivity contribution in [2.75, 3.05) is 14.2 Å². The van der Waals surface area contributed by atoms with E-state index in [9.17, 15) is 0 Å². The molecule has 0 saturated carbocycles. The third-order valence-electron chi connectivity index (χ3n) is 9.37. The summed E-state index contributed by atoms with van der Waals surface area (Å²) in [6, 6.07) is 34.1. The fraction of sp³-hybridized carbons (Fsp3) is 0.211. The molecule has 0 bridgehead atoms. The van der Waals surface area contributed by atoms with Gasteiger partial charge in [-0.3, -0.25) is 0 Å². The minimum Gasteiger partial charge on any atom is -0.497 e. The maximum absolute atomic E-state index is 7.40. The number of ether oxygens (including phenoxy) is 3. The Morgan fingerprint density at radius 3 is 2.05 bits per heavy atom. The minimum absolute atomic E-state index is 0.0926. The molecule has 1 atom stereocenters. The second-order valence-corrected chi connectivity index (χ2v) is 11.0. The zero-order chi connectivity index (χ0) is 28.2. The summed E-state index contributed by atoms with van der Waals surface area (Å²) in [4.78, 5) is 0. The van der Waals surface area contributed by atoms with Gasteiger partial charge in [0, 0.05) is 27.5 Å². The first-order chi connectivity index (χ1) is 20.1. The number of methoxy groups -OCH3 is 2. The summed E-state index contributed by atoms with van der Waals surface area (Å²) < 4.78 is 18.6. The van der Waals surface area contributed by atoms with Gasteiger partial charge >= 0.3 is 0 Å². The molecule has 0 fully saturated rings. The molecule has 1 aliphatic carbocycles. The van der Waals surface area contributed by atoms with Crippen molar-refractivity contribution in [2.45, 2.75) is 37.7 Å². The molecule has 0 saturated heterocycles. The van der Waals surface area contributed by atoms with Crippen molar-refractivity contribution in [1.82, 2.24) is 0 Å². The van der Waals surface area contributed by atoms with Gasteiger partial charge in [0.05, 0.1) is 14.2 Å². The molecular formula is C38H34O3. The molecule has 1 unspecified atom stereocenters. The number of rotatable bonds is 6. The highest BCUT2D eigenvalue weighted by Crippen LogP contribution is 2.60. The summed E-state index contributed by atoms with van der Waals surface area (Å²) in [5.41, 5.74) is 7.83. The minimum atomic E-state index is -0.808. The van der Waals surface area contributed by atoms with Gasteiger partial charge in [0.2, 0.25) is 0 Å². The fourth-order valence-electron chi connectivity index (χ4n) is 7.26. The van der Waals surface area contributed by atoms with Crippen molar-refractivity contribution in [1.29, 1.82) is 0 Å². The van der Waals surface area contributed by atoms with Crippen LogP contribution in [0, 0.1) is 0 Å². The van der Waals surface area contributed by atoms with Gasteiger partial charge in [-0.1, -0.05) is 86.7 Å². The molecule has 0 amide bonds. The third kappa shape index (κ3) is 3.51. The Morgan fingerprint density at radius 1 is 0.683 bits per heavy atom. The molecule has 7 rings (SSSR count). The monoisotopic (exact) mass is 538 g/mol. The Labute approximate surface area is 242 Å². The van der Waals surface area contributed by atoms with Crippen molar-refractivity contribution < 1.29 is 14.2 Å². The molecule has 5 aromatic rings. The molecule has 3 heteroatoms. The van der Waals surface area contributed by atoms with Crippen molar-refractivity contribution >= 4 is 16.8 Å². The highest BCUT2D eigenvalue weighted by molar-refractivity contribution is 6.09. The Kier molecular flexibility index (Phi) is 5.93. The summed E-state index contributed by atoms with van der Waals surface area (Å²) in [5.74, 6) is 2.54. The first-order valence-corrected chi connectivity index (χ1v) is 14.5. The van der Waals surface area contributed by atoms with E-state index in [-0.39, 0.29) is 5.41 Å². The number of fused-ring (bicyclic) bond motifs is 8. The lowest BCUT2D eigenvalue weighted by molar-refractivity contribution is 0.163. The van der Waals surface area contributed by atoms with Gasteiger partial charge in [0.1, 0.15) is 17.2 Å². The lowest BCUT2D eigenvalue weighted by Gasteiger charge is -2.39. The van der Waals surface area contributed by atoms with Crippen LogP contribution < -0.4 is 14.2 Å². The van der Waals surface area contributed by atoms with Gasteiger partial charge in [0.25, 0.3) is 0 Å². The molecule has 0 N–H and O–H groups in total. The molecule has 0 spiro atoms. The molecule has 3 nitrogen and oxygen atoms in total. The van der Waals surface area contributed by atoms with E-state index in [1.54, 1.807) is 14.2 Å². The predicted molar refractivity (Wildman–Crippen MR) is 167 cm³/mol. The second-order valence-electron chi connectivity index (χ2n) is 11.0. The molecule has 1 aliphatic heterocycles.